The Kier molecular flexibility index (Phi) is 4.94. The molecule has 0 fully saturated rings. The fraction of sp³-hybridized carbons (Fsp3) is 0.727. The molecule has 0 aliphatic rings. The minimum absolute atomic E-state index is 0.278. The molecule has 0 aromatic carbocycles. The van der Waals surface area contributed by atoms with Crippen LogP contribution in [0.2, 0.25) is 5.02 Å². The fourth-order valence-corrected chi connectivity index (χ4v) is 1.75. The van der Waals surface area contributed by atoms with Crippen LogP contribution >= 0.6 is 11.6 Å². The van der Waals surface area contributed by atoms with Crippen molar-refractivity contribution >= 4 is 11.6 Å². The first-order chi connectivity index (χ1) is 7.91. The highest BCUT2D eigenvalue weighted by molar-refractivity contribution is 6.31. The predicted molar refractivity (Wildman–Crippen MR) is 67.1 cm³/mol. The van der Waals surface area contributed by atoms with E-state index in [1.165, 1.54) is 0 Å². The Morgan fingerprint density at radius 1 is 1.53 bits per heavy atom. The minimum Gasteiger partial charge on any atom is -0.393 e. The highest BCUT2D eigenvalue weighted by Crippen LogP contribution is 2.20. The Labute approximate surface area is 106 Å². The van der Waals surface area contributed by atoms with Crippen molar-refractivity contribution in [3.05, 3.63) is 16.4 Å². The van der Waals surface area contributed by atoms with E-state index in [0.717, 1.165) is 17.9 Å². The zero-order chi connectivity index (χ0) is 13.1. The van der Waals surface area contributed by atoms with Gasteiger partial charge in [0.15, 0.2) is 0 Å². The van der Waals surface area contributed by atoms with Crippen LogP contribution in [0.3, 0.4) is 0 Å². The summed E-state index contributed by atoms with van der Waals surface area (Å²) in [6, 6.07) is 0. The van der Waals surface area contributed by atoms with Crippen molar-refractivity contribution in [2.24, 2.45) is 0 Å². The number of hydrogen-bond donors (Lipinski definition) is 3. The summed E-state index contributed by atoms with van der Waals surface area (Å²) in [5.74, 6) is 0. The van der Waals surface area contributed by atoms with Crippen molar-refractivity contribution in [2.75, 3.05) is 13.2 Å². The van der Waals surface area contributed by atoms with E-state index in [2.05, 4.69) is 10.4 Å². The third-order valence-electron chi connectivity index (χ3n) is 2.59. The molecular weight excluding hydrogens is 242 g/mol. The molecule has 1 rings (SSSR count). The van der Waals surface area contributed by atoms with Gasteiger partial charge in [-0.05, 0) is 20.8 Å². The van der Waals surface area contributed by atoms with Crippen molar-refractivity contribution in [2.45, 2.75) is 39.5 Å². The lowest BCUT2D eigenvalue weighted by Gasteiger charge is -2.20. The summed E-state index contributed by atoms with van der Waals surface area (Å²) in [6.07, 6.45) is 0. The number of nitrogens with zero attached hydrogens (tertiary/aromatic N) is 2. The predicted octanol–water partition coefficient (Wildman–Crippen LogP) is 0.698. The van der Waals surface area contributed by atoms with Gasteiger partial charge in [-0.15, -0.1) is 0 Å². The van der Waals surface area contributed by atoms with Gasteiger partial charge < -0.3 is 15.5 Å². The smallest absolute Gasteiger partial charge is 0.0972 e. The number of halogens is 1. The van der Waals surface area contributed by atoms with Crippen LogP contribution in [-0.2, 0) is 13.1 Å². The van der Waals surface area contributed by atoms with Crippen LogP contribution in [0.25, 0.3) is 0 Å². The highest BCUT2D eigenvalue weighted by atomic mass is 35.5. The maximum absolute atomic E-state index is 9.63. The van der Waals surface area contributed by atoms with Gasteiger partial charge in [0, 0.05) is 19.6 Å². The van der Waals surface area contributed by atoms with Gasteiger partial charge in [0.1, 0.15) is 0 Å². The maximum Gasteiger partial charge on any atom is 0.0972 e. The molecule has 6 heteroatoms. The molecule has 1 aromatic heterocycles. The Hall–Kier alpha value is -0.620. The molecule has 0 bridgehead atoms. The number of aliphatic hydroxyl groups is 2. The molecule has 1 atom stereocenters. The standard InChI is InChI=1S/C11H20ClN3O2/c1-4-15-9(10(12)8(2)14-15)5-13-6-11(3,17)7-16/h13,16-17H,4-7H2,1-3H3. The molecular formula is C11H20ClN3O2. The first-order valence-electron chi connectivity index (χ1n) is 5.67. The van der Waals surface area contributed by atoms with Crippen molar-refractivity contribution in [1.29, 1.82) is 0 Å². The molecule has 0 aliphatic carbocycles. The number of nitrogens with one attached hydrogen (secondary N) is 1. The third kappa shape index (κ3) is 3.67. The van der Waals surface area contributed by atoms with Gasteiger partial charge in [-0.3, -0.25) is 4.68 Å². The Morgan fingerprint density at radius 2 is 2.18 bits per heavy atom. The average molecular weight is 262 g/mol. The molecule has 17 heavy (non-hydrogen) atoms. The summed E-state index contributed by atoms with van der Waals surface area (Å²) in [4.78, 5) is 0. The maximum atomic E-state index is 9.63. The van der Waals surface area contributed by atoms with Gasteiger partial charge in [0.05, 0.1) is 28.6 Å². The van der Waals surface area contributed by atoms with Gasteiger partial charge >= 0.3 is 0 Å². The number of rotatable bonds is 6. The lowest BCUT2D eigenvalue weighted by Crippen LogP contribution is -2.40. The summed E-state index contributed by atoms with van der Waals surface area (Å²) >= 11 is 6.14. The topological polar surface area (TPSA) is 70.3 Å². The van der Waals surface area contributed by atoms with Crippen LogP contribution in [0.4, 0.5) is 0 Å². The second kappa shape index (κ2) is 5.82. The molecule has 5 nitrogen and oxygen atoms in total. The first-order valence-corrected chi connectivity index (χ1v) is 6.05. The van der Waals surface area contributed by atoms with Crippen LogP contribution < -0.4 is 5.32 Å². The minimum atomic E-state index is -1.11. The van der Waals surface area contributed by atoms with Gasteiger partial charge in [0.25, 0.3) is 0 Å². The summed E-state index contributed by atoms with van der Waals surface area (Å²) in [7, 11) is 0. The van der Waals surface area contributed by atoms with E-state index in [1.807, 2.05) is 18.5 Å². The lowest BCUT2D eigenvalue weighted by atomic mass is 10.1. The molecule has 0 aliphatic heterocycles. The van der Waals surface area contributed by atoms with Crippen LogP contribution in [-0.4, -0.2) is 38.7 Å². The largest absolute Gasteiger partial charge is 0.393 e. The van der Waals surface area contributed by atoms with E-state index in [1.54, 1.807) is 6.92 Å². The average Bonchev–Trinajstić information content (AvgIpc) is 2.56. The molecule has 1 aromatic rings. The van der Waals surface area contributed by atoms with Crippen molar-refractivity contribution in [3.8, 4) is 0 Å². The lowest BCUT2D eigenvalue weighted by molar-refractivity contribution is 0.00243. The number of aromatic nitrogens is 2. The first kappa shape index (κ1) is 14.4. The second-order valence-corrected chi connectivity index (χ2v) is 4.80. The Bertz CT molecular complexity index is 377. The SMILES string of the molecule is CCn1nc(C)c(Cl)c1CNCC(C)(O)CO. The van der Waals surface area contributed by atoms with Crippen LogP contribution in [0.5, 0.6) is 0 Å². The van der Waals surface area contributed by atoms with E-state index in [-0.39, 0.29) is 6.61 Å². The zero-order valence-electron chi connectivity index (χ0n) is 10.5. The van der Waals surface area contributed by atoms with E-state index < -0.39 is 5.60 Å². The number of aryl methyl sites for hydroxylation is 2. The molecule has 0 saturated heterocycles. The summed E-state index contributed by atoms with van der Waals surface area (Å²) < 4.78 is 1.83. The quantitative estimate of drug-likeness (QED) is 0.705. The molecule has 1 heterocycles. The zero-order valence-corrected chi connectivity index (χ0v) is 11.3. The number of aliphatic hydroxyl groups excluding tert-OH is 1. The summed E-state index contributed by atoms with van der Waals surface area (Å²) in [5, 5.41) is 26.6. The van der Waals surface area contributed by atoms with Crippen molar-refractivity contribution in [3.63, 3.8) is 0 Å². The monoisotopic (exact) mass is 261 g/mol. The molecule has 3 N–H and O–H groups in total. The van der Waals surface area contributed by atoms with Crippen molar-refractivity contribution < 1.29 is 10.2 Å². The molecule has 1 unspecified atom stereocenters. The number of hydrogen-bond acceptors (Lipinski definition) is 4. The second-order valence-electron chi connectivity index (χ2n) is 4.42. The van der Waals surface area contributed by atoms with Gasteiger partial charge in [-0.25, -0.2) is 0 Å². The highest BCUT2D eigenvalue weighted by Gasteiger charge is 2.19. The Balaban J connectivity index is 2.63. The molecule has 98 valence electrons. The molecule has 0 amide bonds. The molecule has 0 saturated carbocycles. The normalized spacial score (nSPS) is 14.9. The fourth-order valence-electron chi connectivity index (χ4n) is 1.54. The van der Waals surface area contributed by atoms with E-state index in [0.29, 0.717) is 18.1 Å². The molecule has 0 radical (unpaired) electrons. The summed E-state index contributed by atoms with van der Waals surface area (Å²) in [6.45, 7) is 6.72. The van der Waals surface area contributed by atoms with Gasteiger partial charge in [-0.2, -0.15) is 5.10 Å². The van der Waals surface area contributed by atoms with Crippen LogP contribution in [0.15, 0.2) is 0 Å². The third-order valence-corrected chi connectivity index (χ3v) is 3.08. The van der Waals surface area contributed by atoms with Crippen molar-refractivity contribution in [1.82, 2.24) is 15.1 Å². The van der Waals surface area contributed by atoms with E-state index in [4.69, 9.17) is 16.7 Å². The van der Waals surface area contributed by atoms with E-state index in [9.17, 15) is 5.11 Å². The van der Waals surface area contributed by atoms with Gasteiger partial charge in [-0.1, -0.05) is 11.6 Å². The van der Waals surface area contributed by atoms with Crippen LogP contribution in [0.1, 0.15) is 25.2 Å². The van der Waals surface area contributed by atoms with Crippen LogP contribution in [0, 0.1) is 6.92 Å². The molecule has 0 spiro atoms. The summed E-state index contributed by atoms with van der Waals surface area (Å²) in [5.41, 5.74) is 0.595. The van der Waals surface area contributed by atoms with Gasteiger partial charge in [0.2, 0.25) is 0 Å². The Morgan fingerprint density at radius 3 is 2.71 bits per heavy atom. The van der Waals surface area contributed by atoms with E-state index >= 15 is 0 Å².